The average Bonchev–Trinajstić information content (AvgIpc) is 2.14. The second-order valence-corrected chi connectivity index (χ2v) is 5.96. The maximum atomic E-state index is 11.6. The zero-order chi connectivity index (χ0) is 13.6. The summed E-state index contributed by atoms with van der Waals surface area (Å²) < 4.78 is 30.8. The molecule has 3 N–H and O–H groups in total. The summed E-state index contributed by atoms with van der Waals surface area (Å²) in [5.74, 6) is 0.0118. The van der Waals surface area contributed by atoms with Crippen molar-refractivity contribution < 1.29 is 17.9 Å². The normalized spacial score (nSPS) is 13.8. The summed E-state index contributed by atoms with van der Waals surface area (Å²) in [5.41, 5.74) is 5.40. The van der Waals surface area contributed by atoms with E-state index in [0.29, 0.717) is 6.54 Å². The zero-order valence-corrected chi connectivity index (χ0v) is 11.5. The van der Waals surface area contributed by atoms with E-state index in [9.17, 15) is 13.2 Å². The number of nitrogens with zero attached hydrogens (tertiary/aromatic N) is 1. The fourth-order valence-corrected chi connectivity index (χ4v) is 1.90. The van der Waals surface area contributed by atoms with E-state index in [4.69, 9.17) is 5.73 Å². The van der Waals surface area contributed by atoms with Gasteiger partial charge in [-0.05, 0) is 26.3 Å². The minimum atomic E-state index is -3.86. The standard InChI is InChI=1S/C9H21N3O4S/c1-7(2)16-9(13)11-17(14,15)12(4)6-8(3)5-10/h7-8H,5-6,10H2,1-4H3,(H,11,13). The molecule has 8 heteroatoms. The third-order valence-corrected chi connectivity index (χ3v) is 3.33. The quantitative estimate of drug-likeness (QED) is 0.699. The van der Waals surface area contributed by atoms with Gasteiger partial charge in [-0.1, -0.05) is 6.92 Å². The predicted octanol–water partition coefficient (Wildman–Crippen LogP) is -0.108. The number of carbonyl (C=O) groups excluding carboxylic acids is 1. The van der Waals surface area contributed by atoms with Crippen molar-refractivity contribution in [1.29, 1.82) is 0 Å². The fraction of sp³-hybridized carbons (Fsp3) is 0.889. The number of carbonyl (C=O) groups is 1. The molecule has 1 atom stereocenters. The third kappa shape index (κ3) is 6.44. The van der Waals surface area contributed by atoms with Crippen molar-refractivity contribution in [2.24, 2.45) is 11.7 Å². The molecule has 17 heavy (non-hydrogen) atoms. The Bertz CT molecular complexity index is 342. The van der Waals surface area contributed by atoms with E-state index in [1.165, 1.54) is 7.05 Å². The van der Waals surface area contributed by atoms with E-state index < -0.39 is 16.3 Å². The molecule has 0 fully saturated rings. The number of nitrogens with one attached hydrogen (secondary N) is 1. The fourth-order valence-electron chi connectivity index (χ4n) is 1.03. The Hall–Kier alpha value is -0.860. The number of hydrogen-bond acceptors (Lipinski definition) is 5. The first-order chi connectivity index (χ1) is 7.69. The lowest BCUT2D eigenvalue weighted by molar-refractivity contribution is 0.121. The molecule has 0 aliphatic carbocycles. The molecule has 0 spiro atoms. The largest absolute Gasteiger partial charge is 0.446 e. The summed E-state index contributed by atoms with van der Waals surface area (Å²) in [4.78, 5) is 11.2. The van der Waals surface area contributed by atoms with Crippen molar-refractivity contribution in [3.05, 3.63) is 0 Å². The van der Waals surface area contributed by atoms with Crippen LogP contribution in [0.15, 0.2) is 0 Å². The maximum Gasteiger partial charge on any atom is 0.422 e. The van der Waals surface area contributed by atoms with Crippen molar-refractivity contribution in [2.75, 3.05) is 20.1 Å². The number of amides is 1. The lowest BCUT2D eigenvalue weighted by Gasteiger charge is -2.20. The van der Waals surface area contributed by atoms with Gasteiger partial charge in [0.05, 0.1) is 6.10 Å². The Morgan fingerprint density at radius 3 is 2.35 bits per heavy atom. The van der Waals surface area contributed by atoms with Crippen LogP contribution in [0.5, 0.6) is 0 Å². The number of ether oxygens (including phenoxy) is 1. The van der Waals surface area contributed by atoms with Gasteiger partial charge in [0, 0.05) is 13.6 Å². The van der Waals surface area contributed by atoms with Gasteiger partial charge in [0.25, 0.3) is 0 Å². The molecule has 7 nitrogen and oxygen atoms in total. The van der Waals surface area contributed by atoms with E-state index in [2.05, 4.69) is 4.74 Å². The Morgan fingerprint density at radius 2 is 1.94 bits per heavy atom. The molecule has 0 bridgehead atoms. The predicted molar refractivity (Wildman–Crippen MR) is 64.5 cm³/mol. The molecule has 0 heterocycles. The van der Waals surface area contributed by atoms with Crippen molar-refractivity contribution in [3.8, 4) is 0 Å². The second-order valence-electron chi connectivity index (χ2n) is 4.18. The van der Waals surface area contributed by atoms with Crippen LogP contribution in [0.3, 0.4) is 0 Å². The molecule has 0 saturated carbocycles. The highest BCUT2D eigenvalue weighted by Crippen LogP contribution is 2.01. The van der Waals surface area contributed by atoms with E-state index in [-0.39, 0.29) is 18.6 Å². The summed E-state index contributed by atoms with van der Waals surface area (Å²) in [6.45, 7) is 5.69. The van der Waals surface area contributed by atoms with Crippen molar-refractivity contribution in [3.63, 3.8) is 0 Å². The highest BCUT2D eigenvalue weighted by atomic mass is 32.2. The molecule has 0 aliphatic heterocycles. The van der Waals surface area contributed by atoms with Crippen LogP contribution in [-0.4, -0.2) is 45.1 Å². The molecule has 1 unspecified atom stereocenters. The van der Waals surface area contributed by atoms with E-state index in [1.807, 2.05) is 11.6 Å². The highest BCUT2D eigenvalue weighted by molar-refractivity contribution is 7.87. The first-order valence-electron chi connectivity index (χ1n) is 5.33. The molecule has 0 aromatic heterocycles. The molecule has 0 rings (SSSR count). The van der Waals surface area contributed by atoms with Crippen LogP contribution >= 0.6 is 0 Å². The lowest BCUT2D eigenvalue weighted by atomic mass is 10.2. The molecular weight excluding hydrogens is 246 g/mol. The second kappa shape index (κ2) is 6.77. The van der Waals surface area contributed by atoms with Crippen LogP contribution in [0, 0.1) is 5.92 Å². The van der Waals surface area contributed by atoms with Crippen LogP contribution in [0.25, 0.3) is 0 Å². The Kier molecular flexibility index (Phi) is 6.43. The Labute approximate surface area is 102 Å². The molecule has 0 saturated heterocycles. The number of hydrogen-bond donors (Lipinski definition) is 2. The molecule has 0 aromatic carbocycles. The van der Waals surface area contributed by atoms with Crippen LogP contribution in [-0.2, 0) is 14.9 Å². The first kappa shape index (κ1) is 16.1. The van der Waals surface area contributed by atoms with Crippen LogP contribution < -0.4 is 10.5 Å². The van der Waals surface area contributed by atoms with Gasteiger partial charge in [-0.2, -0.15) is 12.7 Å². The maximum absolute atomic E-state index is 11.6. The summed E-state index contributed by atoms with van der Waals surface area (Å²) in [6.07, 6.45) is -1.36. The van der Waals surface area contributed by atoms with Crippen molar-refractivity contribution in [2.45, 2.75) is 26.9 Å². The molecule has 102 valence electrons. The van der Waals surface area contributed by atoms with Gasteiger partial charge in [0.2, 0.25) is 0 Å². The zero-order valence-electron chi connectivity index (χ0n) is 10.6. The summed E-state index contributed by atoms with van der Waals surface area (Å²) in [6, 6.07) is 0. The molecule has 0 aliphatic rings. The van der Waals surface area contributed by atoms with E-state index >= 15 is 0 Å². The molecule has 1 amide bonds. The monoisotopic (exact) mass is 267 g/mol. The topological polar surface area (TPSA) is 102 Å². The van der Waals surface area contributed by atoms with Crippen molar-refractivity contribution >= 4 is 16.3 Å². The van der Waals surface area contributed by atoms with Gasteiger partial charge in [-0.3, -0.25) is 0 Å². The number of nitrogens with two attached hydrogens (primary N) is 1. The molecule has 0 aromatic rings. The first-order valence-corrected chi connectivity index (χ1v) is 6.77. The lowest BCUT2D eigenvalue weighted by Crippen LogP contribution is -2.44. The van der Waals surface area contributed by atoms with Crippen molar-refractivity contribution in [1.82, 2.24) is 9.03 Å². The van der Waals surface area contributed by atoms with Gasteiger partial charge in [0.15, 0.2) is 0 Å². The summed E-state index contributed by atoms with van der Waals surface area (Å²) in [7, 11) is -2.48. The van der Waals surface area contributed by atoms with Gasteiger partial charge in [0.1, 0.15) is 0 Å². The smallest absolute Gasteiger partial charge is 0.422 e. The molecular formula is C9H21N3O4S. The minimum Gasteiger partial charge on any atom is -0.446 e. The van der Waals surface area contributed by atoms with Crippen LogP contribution in [0.1, 0.15) is 20.8 Å². The third-order valence-electron chi connectivity index (χ3n) is 1.94. The van der Waals surface area contributed by atoms with Crippen LogP contribution in [0.4, 0.5) is 4.79 Å². The van der Waals surface area contributed by atoms with Gasteiger partial charge in [-0.15, -0.1) is 0 Å². The van der Waals surface area contributed by atoms with Gasteiger partial charge < -0.3 is 10.5 Å². The SMILES string of the molecule is CC(CN)CN(C)S(=O)(=O)NC(=O)OC(C)C. The van der Waals surface area contributed by atoms with E-state index in [0.717, 1.165) is 4.31 Å². The number of rotatable bonds is 6. The highest BCUT2D eigenvalue weighted by Gasteiger charge is 2.22. The van der Waals surface area contributed by atoms with E-state index in [1.54, 1.807) is 13.8 Å². The summed E-state index contributed by atoms with van der Waals surface area (Å²) >= 11 is 0. The average molecular weight is 267 g/mol. The van der Waals surface area contributed by atoms with Gasteiger partial charge in [-0.25, -0.2) is 9.52 Å². The van der Waals surface area contributed by atoms with Gasteiger partial charge >= 0.3 is 16.3 Å². The minimum absolute atomic E-state index is 0.0118. The van der Waals surface area contributed by atoms with Crippen LogP contribution in [0.2, 0.25) is 0 Å². The summed E-state index contributed by atoms with van der Waals surface area (Å²) in [5, 5.41) is 0. The Morgan fingerprint density at radius 1 is 1.41 bits per heavy atom. The Balaban J connectivity index is 4.42. The molecule has 0 radical (unpaired) electrons.